The molecule has 0 unspecified atom stereocenters. The smallest absolute Gasteiger partial charge is 0.292 e. The minimum Gasteiger partial charge on any atom is -0.408 e. The van der Waals surface area contributed by atoms with Crippen molar-refractivity contribution >= 4 is 0 Å². The Labute approximate surface area is 124 Å². The molecule has 3 heteroatoms. The topological polar surface area (TPSA) is 42.2 Å². The molecule has 0 heterocycles. The van der Waals surface area contributed by atoms with E-state index in [1.54, 1.807) is 18.4 Å². The van der Waals surface area contributed by atoms with Gasteiger partial charge in [-0.15, -0.1) is 5.26 Å². The second-order valence-corrected chi connectivity index (χ2v) is 5.09. The van der Waals surface area contributed by atoms with Crippen molar-refractivity contribution in [2.24, 2.45) is 0 Å². The third-order valence-electron chi connectivity index (χ3n) is 3.49. The highest BCUT2D eigenvalue weighted by Crippen LogP contribution is 2.33. The van der Waals surface area contributed by atoms with Crippen molar-refractivity contribution in [1.82, 2.24) is 0 Å². The Morgan fingerprint density at radius 1 is 0.857 bits per heavy atom. The first-order valence-electron chi connectivity index (χ1n) is 6.47. The highest BCUT2D eigenvalue weighted by Gasteiger charge is 2.23. The van der Waals surface area contributed by atoms with E-state index in [-0.39, 0.29) is 5.41 Å². The fraction of sp³-hybridized carbons (Fsp3) is 0.167. The van der Waals surface area contributed by atoms with Gasteiger partial charge in [0.05, 0.1) is 0 Å². The molecule has 0 aliphatic carbocycles. The van der Waals surface area contributed by atoms with Gasteiger partial charge in [-0.2, -0.15) is 0 Å². The van der Waals surface area contributed by atoms with Gasteiger partial charge in [0, 0.05) is 5.41 Å². The largest absolute Gasteiger partial charge is 0.408 e. The lowest BCUT2D eigenvalue weighted by atomic mass is 9.78. The van der Waals surface area contributed by atoms with Crippen molar-refractivity contribution in [3.05, 3.63) is 59.7 Å². The zero-order valence-corrected chi connectivity index (χ0v) is 12.0. The van der Waals surface area contributed by atoms with E-state index in [1.165, 1.54) is 0 Å². The lowest BCUT2D eigenvalue weighted by Crippen LogP contribution is -2.18. The van der Waals surface area contributed by atoms with E-state index >= 15 is 0 Å². The number of rotatable bonds is 4. The molecule has 0 aromatic heterocycles. The number of terminal acetylenes is 1. The molecule has 0 aliphatic heterocycles. The zero-order valence-electron chi connectivity index (χ0n) is 12.0. The molecule has 21 heavy (non-hydrogen) atoms. The molecule has 3 nitrogen and oxygen atoms in total. The van der Waals surface area contributed by atoms with Crippen LogP contribution in [0.2, 0.25) is 0 Å². The average molecular weight is 277 g/mol. The van der Waals surface area contributed by atoms with Crippen molar-refractivity contribution in [3.8, 4) is 30.3 Å². The van der Waals surface area contributed by atoms with Crippen LogP contribution in [-0.2, 0) is 5.41 Å². The summed E-state index contributed by atoms with van der Waals surface area (Å²) in [5.41, 5.74) is 2.08. The second kappa shape index (κ2) is 6.03. The molecule has 0 atom stereocenters. The Morgan fingerprint density at radius 2 is 1.29 bits per heavy atom. The molecule has 0 saturated carbocycles. The van der Waals surface area contributed by atoms with E-state index in [1.807, 2.05) is 36.4 Å². The van der Waals surface area contributed by atoms with Gasteiger partial charge in [-0.3, -0.25) is 0 Å². The van der Waals surface area contributed by atoms with Crippen molar-refractivity contribution in [3.63, 3.8) is 0 Å². The zero-order chi connectivity index (χ0) is 15.3. The Balaban J connectivity index is 2.28. The van der Waals surface area contributed by atoms with Crippen LogP contribution >= 0.6 is 0 Å². The summed E-state index contributed by atoms with van der Waals surface area (Å²) in [6.07, 6.45) is 8.92. The molecule has 0 bridgehead atoms. The Bertz CT molecular complexity index is 624. The van der Waals surface area contributed by atoms with Crippen molar-refractivity contribution < 1.29 is 9.47 Å². The molecule has 2 aromatic rings. The summed E-state index contributed by atoms with van der Waals surface area (Å²) in [7, 11) is 0. The molecule has 2 rings (SSSR count). The summed E-state index contributed by atoms with van der Waals surface area (Å²) in [5.74, 6) is 1.18. The van der Waals surface area contributed by atoms with Crippen LogP contribution < -0.4 is 9.47 Å². The predicted octanol–water partition coefficient (Wildman–Crippen LogP) is 3.84. The Kier molecular flexibility index (Phi) is 4.16. The van der Waals surface area contributed by atoms with Crippen LogP contribution in [0.4, 0.5) is 0 Å². The first kappa shape index (κ1) is 14.5. The fourth-order valence-electron chi connectivity index (χ4n) is 2.17. The van der Waals surface area contributed by atoms with Crippen LogP contribution in [0.5, 0.6) is 11.5 Å². The lowest BCUT2D eigenvalue weighted by molar-refractivity contribution is 0.506. The summed E-state index contributed by atoms with van der Waals surface area (Å²) in [6, 6.07) is 15.2. The molecule has 0 spiro atoms. The first-order valence-corrected chi connectivity index (χ1v) is 6.47. The normalized spacial score (nSPS) is 10.3. The quantitative estimate of drug-likeness (QED) is 0.630. The molecule has 0 saturated heterocycles. The van der Waals surface area contributed by atoms with Gasteiger partial charge in [-0.1, -0.05) is 44.5 Å². The summed E-state index contributed by atoms with van der Waals surface area (Å²) >= 11 is 0. The Morgan fingerprint density at radius 3 is 1.67 bits per heavy atom. The fourth-order valence-corrected chi connectivity index (χ4v) is 2.17. The van der Waals surface area contributed by atoms with Crippen LogP contribution in [-0.4, -0.2) is 0 Å². The van der Waals surface area contributed by atoms with Gasteiger partial charge in [-0.25, -0.2) is 0 Å². The van der Waals surface area contributed by atoms with Gasteiger partial charge in [0.25, 0.3) is 6.26 Å². The first-order chi connectivity index (χ1) is 10.1. The number of hydrogen-bond acceptors (Lipinski definition) is 3. The molecule has 104 valence electrons. The maximum absolute atomic E-state index is 8.50. The van der Waals surface area contributed by atoms with Crippen LogP contribution in [0.1, 0.15) is 25.0 Å². The summed E-state index contributed by atoms with van der Waals surface area (Å²) in [5, 5.41) is 8.50. The van der Waals surface area contributed by atoms with Crippen molar-refractivity contribution in [1.29, 1.82) is 5.26 Å². The third kappa shape index (κ3) is 3.16. The highest BCUT2D eigenvalue weighted by atomic mass is 16.5. The highest BCUT2D eigenvalue weighted by molar-refractivity contribution is 5.42. The van der Waals surface area contributed by atoms with Gasteiger partial charge < -0.3 is 9.47 Å². The van der Waals surface area contributed by atoms with Gasteiger partial charge in [0.15, 0.2) is 0 Å². The molecule has 0 aliphatic rings. The SMILES string of the molecule is C#COc1ccc(C(C)(C)c2ccc(OC#N)cc2)cc1. The minimum absolute atomic E-state index is 0.181. The average Bonchev–Trinajstić information content (AvgIpc) is 2.49. The van der Waals surface area contributed by atoms with Gasteiger partial charge in [0.2, 0.25) is 0 Å². The van der Waals surface area contributed by atoms with Crippen LogP contribution in [0, 0.1) is 24.0 Å². The van der Waals surface area contributed by atoms with E-state index in [0.717, 1.165) is 11.1 Å². The van der Waals surface area contributed by atoms with Gasteiger partial charge >= 0.3 is 0 Å². The van der Waals surface area contributed by atoms with E-state index in [4.69, 9.17) is 21.2 Å². The molecular weight excluding hydrogens is 262 g/mol. The molecule has 2 aromatic carbocycles. The van der Waals surface area contributed by atoms with Crippen LogP contribution in [0.3, 0.4) is 0 Å². The Hall–Kier alpha value is -2.91. The van der Waals surface area contributed by atoms with Gasteiger partial charge in [0.1, 0.15) is 17.6 Å². The monoisotopic (exact) mass is 277 g/mol. The van der Waals surface area contributed by atoms with E-state index < -0.39 is 0 Å². The van der Waals surface area contributed by atoms with E-state index in [0.29, 0.717) is 11.5 Å². The van der Waals surface area contributed by atoms with E-state index in [9.17, 15) is 0 Å². The number of nitrogens with zero attached hydrogens (tertiary/aromatic N) is 1. The number of ether oxygens (including phenoxy) is 2. The molecule has 0 amide bonds. The van der Waals surface area contributed by atoms with Crippen molar-refractivity contribution in [2.75, 3.05) is 0 Å². The van der Waals surface area contributed by atoms with Gasteiger partial charge in [-0.05, 0) is 35.4 Å². The van der Waals surface area contributed by atoms with Crippen LogP contribution in [0.15, 0.2) is 48.5 Å². The molecule has 0 radical (unpaired) electrons. The van der Waals surface area contributed by atoms with E-state index in [2.05, 4.69) is 20.0 Å². The standard InChI is InChI=1S/C18H15NO2/c1-4-20-16-9-5-14(6-10-16)18(2,3)15-7-11-17(12-8-15)21-13-19/h1,5-12H,2-3H3. The number of hydrogen-bond donors (Lipinski definition) is 0. The lowest BCUT2D eigenvalue weighted by Gasteiger charge is -2.26. The summed E-state index contributed by atoms with van der Waals surface area (Å²) in [6.45, 7) is 4.26. The maximum Gasteiger partial charge on any atom is 0.292 e. The summed E-state index contributed by atoms with van der Waals surface area (Å²) < 4.78 is 9.79. The van der Waals surface area contributed by atoms with Crippen LogP contribution in [0.25, 0.3) is 0 Å². The third-order valence-corrected chi connectivity index (χ3v) is 3.49. The second-order valence-electron chi connectivity index (χ2n) is 5.09. The molecule has 0 N–H and O–H groups in total. The predicted molar refractivity (Wildman–Crippen MR) is 80.7 cm³/mol. The summed E-state index contributed by atoms with van der Waals surface area (Å²) in [4.78, 5) is 0. The maximum atomic E-state index is 8.50. The van der Waals surface area contributed by atoms with Crippen molar-refractivity contribution in [2.45, 2.75) is 19.3 Å². The molecular formula is C18H15NO2. The minimum atomic E-state index is -0.181. The number of nitriles is 1. The number of benzene rings is 2. The molecule has 0 fully saturated rings.